The van der Waals surface area contributed by atoms with Crippen molar-refractivity contribution < 1.29 is 4.79 Å². The van der Waals surface area contributed by atoms with Crippen LogP contribution in [0.5, 0.6) is 0 Å². The highest BCUT2D eigenvalue weighted by Gasteiger charge is 2.13. The van der Waals surface area contributed by atoms with Crippen molar-refractivity contribution in [3.8, 4) is 0 Å². The van der Waals surface area contributed by atoms with Crippen molar-refractivity contribution in [2.75, 3.05) is 6.54 Å². The molecule has 1 N–H and O–H groups in total. The second kappa shape index (κ2) is 5.05. The van der Waals surface area contributed by atoms with Crippen LogP contribution in [0.15, 0.2) is 12.2 Å². The van der Waals surface area contributed by atoms with Gasteiger partial charge in [0.25, 0.3) is 0 Å². The third-order valence-corrected chi connectivity index (χ3v) is 2.66. The van der Waals surface area contributed by atoms with Gasteiger partial charge in [-0.3, -0.25) is 4.79 Å². The third-order valence-electron chi connectivity index (χ3n) is 2.66. The Bertz CT molecular complexity index is 192. The molecule has 0 bridgehead atoms. The summed E-state index contributed by atoms with van der Waals surface area (Å²) < 4.78 is 0. The summed E-state index contributed by atoms with van der Waals surface area (Å²) in [4.78, 5) is 11.2. The fraction of sp³-hybridized carbons (Fsp3) is 0.727. The van der Waals surface area contributed by atoms with Crippen molar-refractivity contribution >= 4 is 5.91 Å². The number of rotatable bonds is 3. The fourth-order valence-corrected chi connectivity index (χ4v) is 1.78. The van der Waals surface area contributed by atoms with E-state index in [9.17, 15) is 4.79 Å². The molecule has 0 spiro atoms. The Morgan fingerprint density at radius 1 is 1.38 bits per heavy atom. The van der Waals surface area contributed by atoms with Gasteiger partial charge in [0.2, 0.25) is 5.91 Å². The molecule has 1 aliphatic rings. The third kappa shape index (κ3) is 3.62. The van der Waals surface area contributed by atoms with Gasteiger partial charge in [0.15, 0.2) is 0 Å². The normalized spacial score (nSPS) is 18.2. The second-order valence-electron chi connectivity index (χ2n) is 3.99. The first-order valence-corrected chi connectivity index (χ1v) is 5.14. The van der Waals surface area contributed by atoms with Gasteiger partial charge in [-0.15, -0.1) is 0 Å². The second-order valence-corrected chi connectivity index (χ2v) is 3.99. The van der Waals surface area contributed by atoms with E-state index in [2.05, 4.69) is 11.9 Å². The van der Waals surface area contributed by atoms with E-state index in [4.69, 9.17) is 0 Å². The number of carbonyl (C=O) groups excluding carboxylic acids is 1. The van der Waals surface area contributed by atoms with E-state index in [0.717, 1.165) is 6.54 Å². The Balaban J connectivity index is 2.17. The Morgan fingerprint density at radius 3 is 2.54 bits per heavy atom. The van der Waals surface area contributed by atoms with Gasteiger partial charge >= 0.3 is 0 Å². The zero-order valence-corrected chi connectivity index (χ0v) is 8.44. The first-order valence-electron chi connectivity index (χ1n) is 5.14. The summed E-state index contributed by atoms with van der Waals surface area (Å²) >= 11 is 0. The van der Waals surface area contributed by atoms with E-state index < -0.39 is 0 Å². The quantitative estimate of drug-likeness (QED) is 0.665. The Hall–Kier alpha value is -0.790. The van der Waals surface area contributed by atoms with Gasteiger partial charge < -0.3 is 5.32 Å². The summed E-state index contributed by atoms with van der Waals surface area (Å²) in [5.74, 6) is 0.711. The molecule has 0 aliphatic heterocycles. The van der Waals surface area contributed by atoms with Crippen LogP contribution < -0.4 is 5.32 Å². The molecule has 0 heterocycles. The molecule has 0 aromatic rings. The summed E-state index contributed by atoms with van der Waals surface area (Å²) in [6.45, 7) is 6.19. The molecule has 1 fully saturated rings. The van der Waals surface area contributed by atoms with Crippen LogP contribution in [-0.2, 0) is 4.79 Å². The molecule has 2 nitrogen and oxygen atoms in total. The highest BCUT2D eigenvalue weighted by atomic mass is 16.1. The molecule has 0 atom stereocenters. The van der Waals surface area contributed by atoms with E-state index in [-0.39, 0.29) is 5.91 Å². The molecule has 0 aromatic carbocycles. The number of hydrogen-bond donors (Lipinski definition) is 1. The molecule has 0 radical (unpaired) electrons. The van der Waals surface area contributed by atoms with Gasteiger partial charge in [-0.2, -0.15) is 0 Å². The van der Waals surface area contributed by atoms with Gasteiger partial charge in [0, 0.05) is 12.1 Å². The van der Waals surface area contributed by atoms with Crippen LogP contribution in [0.3, 0.4) is 0 Å². The van der Waals surface area contributed by atoms with Crippen molar-refractivity contribution in [3.63, 3.8) is 0 Å². The average molecular weight is 181 g/mol. The van der Waals surface area contributed by atoms with Crippen LogP contribution in [-0.4, -0.2) is 12.5 Å². The molecule has 74 valence electrons. The number of nitrogens with one attached hydrogen (secondary N) is 1. The van der Waals surface area contributed by atoms with Crippen molar-refractivity contribution in [2.45, 2.75) is 39.0 Å². The maximum atomic E-state index is 11.2. The number of amides is 1. The average Bonchev–Trinajstić information content (AvgIpc) is 2.15. The lowest BCUT2D eigenvalue weighted by atomic mass is 9.89. The molecule has 0 aromatic heterocycles. The molecule has 2 heteroatoms. The molecular formula is C11H19NO. The van der Waals surface area contributed by atoms with Crippen molar-refractivity contribution in [3.05, 3.63) is 12.2 Å². The number of hydrogen-bond acceptors (Lipinski definition) is 1. The van der Waals surface area contributed by atoms with Gasteiger partial charge in [-0.25, -0.2) is 0 Å². The topological polar surface area (TPSA) is 29.1 Å². The van der Waals surface area contributed by atoms with Gasteiger partial charge in [-0.1, -0.05) is 25.8 Å². The van der Waals surface area contributed by atoms with E-state index in [1.54, 1.807) is 6.92 Å². The highest BCUT2D eigenvalue weighted by molar-refractivity contribution is 5.92. The number of carbonyl (C=O) groups is 1. The zero-order valence-electron chi connectivity index (χ0n) is 8.44. The monoisotopic (exact) mass is 181 g/mol. The lowest BCUT2D eigenvalue weighted by Gasteiger charge is -2.21. The summed E-state index contributed by atoms with van der Waals surface area (Å²) in [6.07, 6.45) is 6.57. The maximum Gasteiger partial charge on any atom is 0.246 e. The lowest BCUT2D eigenvalue weighted by Crippen LogP contribution is -2.30. The molecule has 0 saturated heterocycles. The van der Waals surface area contributed by atoms with Gasteiger partial charge in [0.05, 0.1) is 0 Å². The SMILES string of the molecule is C=C(C)C(=O)NCC1CCCCC1. The van der Waals surface area contributed by atoms with Crippen molar-refractivity contribution in [1.29, 1.82) is 0 Å². The van der Waals surface area contributed by atoms with Gasteiger partial charge in [0.1, 0.15) is 0 Å². The molecule has 1 rings (SSSR count). The minimum absolute atomic E-state index is 0.00516. The zero-order chi connectivity index (χ0) is 9.68. The highest BCUT2D eigenvalue weighted by Crippen LogP contribution is 2.22. The van der Waals surface area contributed by atoms with Crippen LogP contribution in [0.4, 0.5) is 0 Å². The minimum Gasteiger partial charge on any atom is -0.352 e. The summed E-state index contributed by atoms with van der Waals surface area (Å²) in [7, 11) is 0. The molecule has 1 saturated carbocycles. The Kier molecular flexibility index (Phi) is 4.00. The molecule has 1 aliphatic carbocycles. The Labute approximate surface area is 80.4 Å². The summed E-state index contributed by atoms with van der Waals surface area (Å²) in [6, 6.07) is 0. The van der Waals surface area contributed by atoms with E-state index in [0.29, 0.717) is 11.5 Å². The van der Waals surface area contributed by atoms with Crippen LogP contribution in [0.25, 0.3) is 0 Å². The predicted octanol–water partition coefficient (Wildman–Crippen LogP) is 2.26. The molecule has 13 heavy (non-hydrogen) atoms. The molecular weight excluding hydrogens is 162 g/mol. The maximum absolute atomic E-state index is 11.2. The van der Waals surface area contributed by atoms with Crippen molar-refractivity contribution in [2.24, 2.45) is 5.92 Å². The van der Waals surface area contributed by atoms with E-state index in [1.165, 1.54) is 32.1 Å². The predicted molar refractivity (Wildman–Crippen MR) is 54.4 cm³/mol. The lowest BCUT2D eigenvalue weighted by molar-refractivity contribution is -0.117. The molecule has 1 amide bonds. The summed E-state index contributed by atoms with van der Waals surface area (Å²) in [5.41, 5.74) is 0.607. The Morgan fingerprint density at radius 2 is 2.00 bits per heavy atom. The smallest absolute Gasteiger partial charge is 0.246 e. The standard InChI is InChI=1S/C11H19NO/c1-9(2)11(13)12-8-10-6-4-3-5-7-10/h10H,1,3-8H2,2H3,(H,12,13). The van der Waals surface area contributed by atoms with Gasteiger partial charge in [-0.05, 0) is 25.7 Å². The van der Waals surface area contributed by atoms with Crippen LogP contribution in [0.2, 0.25) is 0 Å². The first kappa shape index (κ1) is 10.3. The van der Waals surface area contributed by atoms with Crippen LogP contribution in [0, 0.1) is 5.92 Å². The molecule has 0 unspecified atom stereocenters. The van der Waals surface area contributed by atoms with Crippen LogP contribution in [0.1, 0.15) is 39.0 Å². The minimum atomic E-state index is 0.00516. The summed E-state index contributed by atoms with van der Waals surface area (Å²) in [5, 5.41) is 2.91. The van der Waals surface area contributed by atoms with Crippen LogP contribution >= 0.6 is 0 Å². The van der Waals surface area contributed by atoms with Crippen molar-refractivity contribution in [1.82, 2.24) is 5.32 Å². The first-order chi connectivity index (χ1) is 6.20. The largest absolute Gasteiger partial charge is 0.352 e. The fourth-order valence-electron chi connectivity index (χ4n) is 1.78. The van der Waals surface area contributed by atoms with E-state index >= 15 is 0 Å². The van der Waals surface area contributed by atoms with E-state index in [1.807, 2.05) is 0 Å².